The van der Waals surface area contributed by atoms with Crippen molar-refractivity contribution in [3.8, 4) is 11.8 Å². The Morgan fingerprint density at radius 2 is 2.19 bits per heavy atom. The zero-order valence-electron chi connectivity index (χ0n) is 11.2. The third-order valence-electron chi connectivity index (χ3n) is 2.46. The maximum absolute atomic E-state index is 9.76. The molecule has 5 nitrogen and oxygen atoms in total. The molecular weight excluding hydrogens is 490 g/mol. The molecule has 1 aromatic carbocycles. The molecule has 0 spiro atoms. The van der Waals surface area contributed by atoms with Crippen LogP contribution in [-0.2, 0) is 0 Å². The predicted molar refractivity (Wildman–Crippen MR) is 76.0 cm³/mol. The Bertz CT molecular complexity index is 693. The van der Waals surface area contributed by atoms with Crippen molar-refractivity contribution in [2.75, 3.05) is 7.11 Å². The van der Waals surface area contributed by atoms with Crippen molar-refractivity contribution < 1.29 is 35.9 Å². The number of amidine groups is 1. The normalized spacial score (nSPS) is 9.71. The average molecular weight is 500 g/mol. The molecule has 0 aliphatic carbocycles. The van der Waals surface area contributed by atoms with Gasteiger partial charge in [0.15, 0.2) is 0 Å². The van der Waals surface area contributed by atoms with E-state index in [9.17, 15) is 5.41 Å². The van der Waals surface area contributed by atoms with Crippen molar-refractivity contribution in [3.05, 3.63) is 64.8 Å². The Labute approximate surface area is 146 Å². The van der Waals surface area contributed by atoms with Crippen LogP contribution in [0.3, 0.4) is 0 Å². The van der Waals surface area contributed by atoms with E-state index in [4.69, 9.17) is 10.00 Å². The molecule has 2 aromatic rings. The fourth-order valence-electron chi connectivity index (χ4n) is 1.52. The van der Waals surface area contributed by atoms with Crippen molar-refractivity contribution in [1.29, 1.82) is 5.26 Å². The first kappa shape index (κ1) is 17.1. The Morgan fingerprint density at radius 1 is 1.38 bits per heavy atom. The van der Waals surface area contributed by atoms with Gasteiger partial charge in [-0.3, -0.25) is 4.98 Å². The van der Waals surface area contributed by atoms with Crippen LogP contribution < -0.4 is 4.74 Å². The van der Waals surface area contributed by atoms with Gasteiger partial charge in [-0.15, -0.1) is 11.9 Å². The number of benzene rings is 1. The van der Waals surface area contributed by atoms with Gasteiger partial charge in [0, 0.05) is 17.5 Å². The molecule has 0 N–H and O–H groups in total. The summed E-state index contributed by atoms with van der Waals surface area (Å²) in [7, 11) is 1.51. The second-order valence-corrected chi connectivity index (χ2v) is 3.82. The summed E-state index contributed by atoms with van der Waals surface area (Å²) in [5.74, 6) is 0.283. The number of pyridine rings is 1. The van der Waals surface area contributed by atoms with E-state index in [0.717, 1.165) is 0 Å². The molecule has 0 aliphatic heterocycles. The summed E-state index contributed by atoms with van der Waals surface area (Å²) in [6.45, 7) is 0. The Balaban J connectivity index is 0.00000220. The summed E-state index contributed by atoms with van der Waals surface area (Å²) in [5, 5.41) is 18.7. The summed E-state index contributed by atoms with van der Waals surface area (Å²) in [6.07, 6.45) is 4.22. The van der Waals surface area contributed by atoms with Crippen LogP contribution in [0, 0.1) is 42.4 Å². The van der Waals surface area contributed by atoms with E-state index in [1.54, 1.807) is 42.6 Å². The fraction of sp³-hybridized carbons (Fsp3) is 0.0667. The number of methoxy groups -OCH3 is 1. The Hall–Kier alpha value is -1.95. The molecule has 0 atom stereocenters. The zero-order valence-corrected chi connectivity index (χ0v) is 15.4. The van der Waals surface area contributed by atoms with E-state index < -0.39 is 0 Å². The topological polar surface area (TPSA) is 80.6 Å². The summed E-state index contributed by atoms with van der Waals surface area (Å²) < 4.78 is 5.07. The minimum Gasteiger partial charge on any atom is -0.535 e. The van der Waals surface area contributed by atoms with E-state index in [2.05, 4.69) is 16.2 Å². The molecular formula is C15H10N4OU. The predicted octanol–water partition coefficient (Wildman–Crippen LogP) is 2.27. The summed E-state index contributed by atoms with van der Waals surface area (Å²) in [5.41, 5.74) is 1.31. The summed E-state index contributed by atoms with van der Waals surface area (Å²) in [4.78, 5) is 7.77. The second-order valence-electron chi connectivity index (χ2n) is 3.82. The molecule has 6 heteroatoms. The summed E-state index contributed by atoms with van der Waals surface area (Å²) in [6, 6.07) is 12.0. The van der Waals surface area contributed by atoms with Gasteiger partial charge >= 0.3 is 31.1 Å². The first-order valence-electron chi connectivity index (χ1n) is 5.76. The van der Waals surface area contributed by atoms with Crippen LogP contribution in [0.2, 0.25) is 0 Å². The van der Waals surface area contributed by atoms with Crippen LogP contribution in [0.15, 0.2) is 47.6 Å². The van der Waals surface area contributed by atoms with Crippen LogP contribution >= 0.6 is 0 Å². The maximum Gasteiger partial charge on any atom is 2.00 e. The van der Waals surface area contributed by atoms with Gasteiger partial charge in [-0.1, -0.05) is 12.1 Å². The molecule has 1 heterocycles. The average Bonchev–Trinajstić information content (AvgIpc) is 2.53. The van der Waals surface area contributed by atoms with Crippen LogP contribution in [-0.4, -0.2) is 24.1 Å². The molecule has 0 radical (unpaired) electrons. The number of ether oxygens (including phenoxy) is 1. The molecule has 0 saturated carbocycles. The van der Waals surface area contributed by atoms with Crippen molar-refractivity contribution in [2.45, 2.75) is 0 Å². The molecule has 21 heavy (non-hydrogen) atoms. The fourth-order valence-corrected chi connectivity index (χ4v) is 1.52. The van der Waals surface area contributed by atoms with Crippen LogP contribution in [0.25, 0.3) is 5.41 Å². The van der Waals surface area contributed by atoms with Gasteiger partial charge in [0.2, 0.25) is 0 Å². The number of nitriles is 1. The van der Waals surface area contributed by atoms with E-state index >= 15 is 0 Å². The third kappa shape index (κ3) is 4.82. The quantitative estimate of drug-likeness (QED) is 0.369. The zero-order chi connectivity index (χ0) is 14.4. The van der Waals surface area contributed by atoms with Crippen LogP contribution in [0.5, 0.6) is 5.75 Å². The molecule has 0 aliphatic rings. The number of rotatable bonds is 3. The van der Waals surface area contributed by atoms with E-state index in [1.165, 1.54) is 7.11 Å². The molecule has 0 amide bonds. The van der Waals surface area contributed by atoms with Crippen molar-refractivity contribution in [1.82, 2.24) is 4.98 Å². The smallest absolute Gasteiger partial charge is 0.535 e. The number of aliphatic imine (C=N–C) groups is 1. The van der Waals surface area contributed by atoms with E-state index in [1.807, 2.05) is 6.07 Å². The molecule has 1 aromatic heterocycles. The Morgan fingerprint density at radius 3 is 2.81 bits per heavy atom. The molecule has 100 valence electrons. The number of aromatic nitrogens is 1. The molecule has 0 saturated heterocycles. The number of nitrogens with zero attached hydrogens (tertiary/aromatic N) is 4. The Kier molecular flexibility index (Phi) is 6.81. The van der Waals surface area contributed by atoms with Gasteiger partial charge in [0.1, 0.15) is 0 Å². The van der Waals surface area contributed by atoms with Gasteiger partial charge in [-0.25, -0.2) is 0 Å². The largest absolute Gasteiger partial charge is 2.00 e. The molecule has 0 unspecified atom stereocenters. The van der Waals surface area contributed by atoms with Gasteiger partial charge in [0.05, 0.1) is 18.9 Å². The van der Waals surface area contributed by atoms with Gasteiger partial charge < -0.3 is 15.1 Å². The summed E-state index contributed by atoms with van der Waals surface area (Å²) >= 11 is 0. The third-order valence-corrected chi connectivity index (χ3v) is 2.46. The minimum absolute atomic E-state index is 0. The molecule has 0 bridgehead atoms. The first-order valence-corrected chi connectivity index (χ1v) is 5.76. The minimum atomic E-state index is -0.244. The van der Waals surface area contributed by atoms with Crippen LogP contribution in [0.1, 0.15) is 16.8 Å². The van der Waals surface area contributed by atoms with E-state index in [-0.39, 0.29) is 36.9 Å². The van der Waals surface area contributed by atoms with Gasteiger partial charge in [0.25, 0.3) is 0 Å². The van der Waals surface area contributed by atoms with Crippen molar-refractivity contribution >= 4 is 12.1 Å². The van der Waals surface area contributed by atoms with E-state index in [0.29, 0.717) is 22.6 Å². The van der Waals surface area contributed by atoms with Crippen molar-refractivity contribution in [3.63, 3.8) is 0 Å². The number of hydrogen-bond acceptors (Lipinski definition) is 3. The second kappa shape index (κ2) is 8.36. The van der Waals surface area contributed by atoms with Gasteiger partial charge in [-0.05, 0) is 18.2 Å². The van der Waals surface area contributed by atoms with Crippen molar-refractivity contribution in [2.24, 2.45) is 4.99 Å². The monoisotopic (exact) mass is 500 g/mol. The van der Waals surface area contributed by atoms with Gasteiger partial charge in [-0.2, -0.15) is 17.0 Å². The standard InChI is InChI=1S/C15H10N4O.U/c1-20-13-7-11(9-16)6-12(8-13)10-19-15(17)14-4-2-3-5-18-14;/h2-8H,1H3;/q-2;+2. The molecule has 2 rings (SSSR count). The first-order chi connectivity index (χ1) is 9.72. The van der Waals surface area contributed by atoms with Crippen LogP contribution in [0.4, 0.5) is 0 Å². The molecule has 0 fully saturated rings. The SMILES string of the molecule is COc1cc(C#N)cc([C-]=NC(=[N-])c2ccccn2)c1.[U+2]. The number of hydrogen-bond donors (Lipinski definition) is 0. The maximum atomic E-state index is 9.76.